The van der Waals surface area contributed by atoms with Gasteiger partial charge in [0.05, 0.1) is 11.8 Å². The van der Waals surface area contributed by atoms with Gasteiger partial charge in [0.25, 0.3) is 0 Å². The van der Waals surface area contributed by atoms with Gasteiger partial charge < -0.3 is 21.2 Å². The van der Waals surface area contributed by atoms with E-state index in [2.05, 4.69) is 15.3 Å². The van der Waals surface area contributed by atoms with E-state index in [4.69, 9.17) is 15.9 Å². The summed E-state index contributed by atoms with van der Waals surface area (Å²) in [5.74, 6) is 1.27. The van der Waals surface area contributed by atoms with Crippen LogP contribution in [0.1, 0.15) is 18.7 Å². The average Bonchev–Trinajstić information content (AvgIpc) is 2.96. The standard InChI is InChI=1S/C16H17N5O2S/c1-9(12-6-10-4-2-3-5-11(10)23-12)19-15(22)8-24-16-20-13(17)7-14(18)21-16/h2-7,9H,8H2,1H3,(H,19,22)(H4,17,18,20,21)/t9-/m1/s1. The van der Waals surface area contributed by atoms with Crippen molar-refractivity contribution in [3.8, 4) is 0 Å². The minimum atomic E-state index is -0.239. The lowest BCUT2D eigenvalue weighted by Crippen LogP contribution is -2.28. The number of benzene rings is 1. The molecule has 0 spiro atoms. The molecule has 2 aromatic heterocycles. The first-order valence-corrected chi connectivity index (χ1v) is 8.30. The topological polar surface area (TPSA) is 120 Å². The number of aromatic nitrogens is 2. The van der Waals surface area contributed by atoms with Crippen LogP contribution >= 0.6 is 11.8 Å². The zero-order chi connectivity index (χ0) is 17.1. The fraction of sp³-hybridized carbons (Fsp3) is 0.188. The SMILES string of the molecule is C[C@@H](NC(=O)CSc1nc(N)cc(N)n1)c1cc2ccccc2o1. The first-order valence-electron chi connectivity index (χ1n) is 7.32. The summed E-state index contributed by atoms with van der Waals surface area (Å²) in [4.78, 5) is 20.1. The van der Waals surface area contributed by atoms with Gasteiger partial charge in [0.1, 0.15) is 23.0 Å². The predicted molar refractivity (Wildman–Crippen MR) is 94.4 cm³/mol. The normalized spacial score (nSPS) is 12.2. The molecular formula is C16H17N5O2S. The highest BCUT2D eigenvalue weighted by atomic mass is 32.2. The molecule has 0 aliphatic heterocycles. The lowest BCUT2D eigenvalue weighted by Gasteiger charge is -2.11. The summed E-state index contributed by atoms with van der Waals surface area (Å²) in [6.45, 7) is 1.87. The molecule has 3 aromatic rings. The van der Waals surface area contributed by atoms with E-state index in [0.29, 0.717) is 10.9 Å². The van der Waals surface area contributed by atoms with Crippen molar-refractivity contribution in [3.05, 3.63) is 42.2 Å². The molecule has 0 fully saturated rings. The number of nitrogens with two attached hydrogens (primary N) is 2. The van der Waals surface area contributed by atoms with E-state index in [1.54, 1.807) is 0 Å². The summed E-state index contributed by atoms with van der Waals surface area (Å²) in [6, 6.07) is 10.9. The highest BCUT2D eigenvalue weighted by molar-refractivity contribution is 7.99. The van der Waals surface area contributed by atoms with Crippen molar-refractivity contribution in [1.82, 2.24) is 15.3 Å². The first kappa shape index (κ1) is 16.1. The second-order valence-electron chi connectivity index (χ2n) is 5.26. The minimum absolute atomic E-state index is 0.155. The molecule has 1 amide bonds. The maximum Gasteiger partial charge on any atom is 0.231 e. The number of nitrogens with zero attached hydrogens (tertiary/aromatic N) is 2. The number of carbonyl (C=O) groups is 1. The van der Waals surface area contributed by atoms with Gasteiger partial charge in [-0.25, -0.2) is 9.97 Å². The molecule has 5 N–H and O–H groups in total. The van der Waals surface area contributed by atoms with Crippen LogP contribution in [0.5, 0.6) is 0 Å². The molecule has 1 atom stereocenters. The van der Waals surface area contributed by atoms with Crippen molar-refractivity contribution in [2.75, 3.05) is 17.2 Å². The molecule has 8 heteroatoms. The van der Waals surface area contributed by atoms with Gasteiger partial charge in [-0.2, -0.15) is 0 Å². The molecule has 0 radical (unpaired) electrons. The van der Waals surface area contributed by atoms with Crippen molar-refractivity contribution in [2.24, 2.45) is 0 Å². The summed E-state index contributed by atoms with van der Waals surface area (Å²) in [5, 5.41) is 4.27. The number of para-hydroxylation sites is 1. The van der Waals surface area contributed by atoms with Crippen LogP contribution in [0.2, 0.25) is 0 Å². The summed E-state index contributed by atoms with van der Waals surface area (Å²) in [6.07, 6.45) is 0. The highest BCUT2D eigenvalue weighted by Crippen LogP contribution is 2.24. The average molecular weight is 343 g/mol. The largest absolute Gasteiger partial charge is 0.459 e. The van der Waals surface area contributed by atoms with E-state index in [1.807, 2.05) is 37.3 Å². The van der Waals surface area contributed by atoms with E-state index in [-0.39, 0.29) is 29.3 Å². The van der Waals surface area contributed by atoms with Gasteiger partial charge in [-0.15, -0.1) is 0 Å². The summed E-state index contributed by atoms with van der Waals surface area (Å²) in [5.41, 5.74) is 12.0. The molecular weight excluding hydrogens is 326 g/mol. The van der Waals surface area contributed by atoms with Gasteiger partial charge in [-0.3, -0.25) is 4.79 Å². The Morgan fingerprint density at radius 1 is 1.25 bits per heavy atom. The lowest BCUT2D eigenvalue weighted by molar-refractivity contribution is -0.119. The van der Waals surface area contributed by atoms with Gasteiger partial charge >= 0.3 is 0 Å². The Labute approximate surface area is 142 Å². The number of thioether (sulfide) groups is 1. The first-order chi connectivity index (χ1) is 11.5. The molecule has 0 aliphatic rings. The van der Waals surface area contributed by atoms with Crippen molar-refractivity contribution in [3.63, 3.8) is 0 Å². The van der Waals surface area contributed by atoms with Crippen LogP contribution in [0.4, 0.5) is 11.6 Å². The predicted octanol–water partition coefficient (Wildman–Crippen LogP) is 2.36. The van der Waals surface area contributed by atoms with Gasteiger partial charge in [-0.1, -0.05) is 30.0 Å². The summed E-state index contributed by atoms with van der Waals surface area (Å²) < 4.78 is 5.75. The Morgan fingerprint density at radius 3 is 2.67 bits per heavy atom. The molecule has 7 nitrogen and oxygen atoms in total. The molecule has 3 rings (SSSR count). The third-order valence-electron chi connectivity index (χ3n) is 3.33. The van der Waals surface area contributed by atoms with Crippen LogP contribution in [0.25, 0.3) is 11.0 Å². The molecule has 0 bridgehead atoms. The van der Waals surface area contributed by atoms with Gasteiger partial charge in [0, 0.05) is 11.5 Å². The van der Waals surface area contributed by atoms with Crippen molar-refractivity contribution >= 4 is 40.3 Å². The quantitative estimate of drug-likeness (QED) is 0.480. The Hall–Kier alpha value is -2.74. The second kappa shape index (κ2) is 6.79. The van der Waals surface area contributed by atoms with Crippen LogP contribution in [0, 0.1) is 0 Å². The zero-order valence-electron chi connectivity index (χ0n) is 13.0. The van der Waals surface area contributed by atoms with Crippen molar-refractivity contribution < 1.29 is 9.21 Å². The number of amides is 1. The number of carbonyl (C=O) groups excluding carboxylic acids is 1. The second-order valence-corrected chi connectivity index (χ2v) is 6.21. The van der Waals surface area contributed by atoms with Gasteiger partial charge in [0.2, 0.25) is 5.91 Å². The van der Waals surface area contributed by atoms with E-state index >= 15 is 0 Å². The van der Waals surface area contributed by atoms with E-state index in [1.165, 1.54) is 17.8 Å². The third-order valence-corrected chi connectivity index (χ3v) is 4.17. The van der Waals surface area contributed by atoms with Crippen LogP contribution in [0.15, 0.2) is 46.0 Å². The Kier molecular flexibility index (Phi) is 4.57. The number of nitrogens with one attached hydrogen (secondary N) is 1. The molecule has 124 valence electrons. The lowest BCUT2D eigenvalue weighted by atomic mass is 10.2. The minimum Gasteiger partial charge on any atom is -0.459 e. The van der Waals surface area contributed by atoms with Crippen LogP contribution in [-0.4, -0.2) is 21.6 Å². The molecule has 0 aliphatic carbocycles. The summed E-state index contributed by atoms with van der Waals surface area (Å²) in [7, 11) is 0. The molecule has 0 saturated heterocycles. The Balaban J connectivity index is 1.59. The molecule has 0 unspecified atom stereocenters. The maximum atomic E-state index is 12.1. The number of anilines is 2. The number of fused-ring (bicyclic) bond motifs is 1. The van der Waals surface area contributed by atoms with E-state index in [0.717, 1.165) is 11.0 Å². The van der Waals surface area contributed by atoms with Gasteiger partial charge in [-0.05, 0) is 19.1 Å². The molecule has 1 aromatic carbocycles. The molecule has 2 heterocycles. The Bertz CT molecular complexity index is 827. The fourth-order valence-electron chi connectivity index (χ4n) is 2.23. The number of furan rings is 1. The Morgan fingerprint density at radius 2 is 1.96 bits per heavy atom. The number of hydrogen-bond acceptors (Lipinski definition) is 7. The smallest absolute Gasteiger partial charge is 0.231 e. The van der Waals surface area contributed by atoms with Crippen LogP contribution in [0.3, 0.4) is 0 Å². The van der Waals surface area contributed by atoms with Crippen molar-refractivity contribution in [1.29, 1.82) is 0 Å². The van der Waals surface area contributed by atoms with Gasteiger partial charge in [0.15, 0.2) is 5.16 Å². The van der Waals surface area contributed by atoms with Crippen LogP contribution < -0.4 is 16.8 Å². The number of nitrogen functional groups attached to an aromatic ring is 2. The molecule has 24 heavy (non-hydrogen) atoms. The fourth-order valence-corrected chi connectivity index (χ4v) is 2.91. The third kappa shape index (κ3) is 3.77. The summed E-state index contributed by atoms with van der Waals surface area (Å²) >= 11 is 1.17. The van der Waals surface area contributed by atoms with E-state index in [9.17, 15) is 4.79 Å². The van der Waals surface area contributed by atoms with E-state index < -0.39 is 0 Å². The maximum absolute atomic E-state index is 12.1. The highest BCUT2D eigenvalue weighted by Gasteiger charge is 2.15. The number of hydrogen-bond donors (Lipinski definition) is 3. The molecule has 0 saturated carbocycles. The van der Waals surface area contributed by atoms with Crippen LogP contribution in [-0.2, 0) is 4.79 Å². The zero-order valence-corrected chi connectivity index (χ0v) is 13.8. The number of rotatable bonds is 5. The van der Waals surface area contributed by atoms with Crippen molar-refractivity contribution in [2.45, 2.75) is 18.1 Å². The monoisotopic (exact) mass is 343 g/mol.